The molecule has 0 aromatic carbocycles. The summed E-state index contributed by atoms with van der Waals surface area (Å²) in [4.78, 5) is 28.8. The van der Waals surface area contributed by atoms with Crippen LogP contribution in [0.25, 0.3) is 11.0 Å². The lowest BCUT2D eigenvalue weighted by Gasteiger charge is -2.18. The van der Waals surface area contributed by atoms with Gasteiger partial charge in [-0.1, -0.05) is 13.8 Å². The van der Waals surface area contributed by atoms with Gasteiger partial charge < -0.3 is 10.4 Å². The first-order valence-corrected chi connectivity index (χ1v) is 8.69. The second-order valence-electron chi connectivity index (χ2n) is 7.08. The molecule has 25 heavy (non-hydrogen) atoms. The first kappa shape index (κ1) is 19.2. The number of carbonyl (C=O) groups is 1. The van der Waals surface area contributed by atoms with Crippen molar-refractivity contribution in [2.75, 3.05) is 6.61 Å². The second-order valence-corrected chi connectivity index (χ2v) is 7.08. The summed E-state index contributed by atoms with van der Waals surface area (Å²) < 4.78 is 1.62. The van der Waals surface area contributed by atoms with Crippen molar-refractivity contribution in [2.45, 2.75) is 53.0 Å². The number of hydrogen-bond acceptors (Lipinski definition) is 4. The standard InChI is InChI=1S/C18H28N4O3/c1-10(2)8-13(9-23)20-15(24)7-6-14-11(3)16-17(19-12(14)4)22(5)21-18(16)25/h10,13,23H,6-9H2,1-5H3,(H,20,24)(H,21,25). The molecule has 0 bridgehead atoms. The fourth-order valence-corrected chi connectivity index (χ4v) is 3.30. The largest absolute Gasteiger partial charge is 0.394 e. The van der Waals surface area contributed by atoms with Gasteiger partial charge in [0.15, 0.2) is 5.65 Å². The van der Waals surface area contributed by atoms with Crippen molar-refractivity contribution in [1.29, 1.82) is 0 Å². The maximum atomic E-state index is 12.2. The number of nitrogens with zero attached hydrogens (tertiary/aromatic N) is 2. The molecule has 7 heteroatoms. The summed E-state index contributed by atoms with van der Waals surface area (Å²) in [5.74, 6) is 0.305. The molecule has 1 atom stereocenters. The molecule has 0 aliphatic rings. The number of pyridine rings is 1. The zero-order valence-electron chi connectivity index (χ0n) is 15.6. The average molecular weight is 348 g/mol. The summed E-state index contributed by atoms with van der Waals surface area (Å²) in [5, 5.41) is 15.6. The van der Waals surface area contributed by atoms with E-state index in [1.54, 1.807) is 11.7 Å². The Morgan fingerprint density at radius 1 is 1.36 bits per heavy atom. The fourth-order valence-electron chi connectivity index (χ4n) is 3.30. The Hall–Kier alpha value is -2.15. The van der Waals surface area contributed by atoms with Crippen molar-refractivity contribution in [3.63, 3.8) is 0 Å². The fraction of sp³-hybridized carbons (Fsp3) is 0.611. The predicted octanol–water partition coefficient (Wildman–Crippen LogP) is 1.33. The molecule has 0 radical (unpaired) electrons. The molecule has 0 spiro atoms. The monoisotopic (exact) mass is 348 g/mol. The molecule has 0 saturated heterocycles. The van der Waals surface area contributed by atoms with Crippen LogP contribution in [-0.2, 0) is 18.3 Å². The van der Waals surface area contributed by atoms with Gasteiger partial charge in [0.05, 0.1) is 18.0 Å². The van der Waals surface area contributed by atoms with E-state index in [9.17, 15) is 14.7 Å². The minimum absolute atomic E-state index is 0.0606. The molecular formula is C18H28N4O3. The van der Waals surface area contributed by atoms with Crippen LogP contribution in [0.1, 0.15) is 43.5 Å². The molecule has 1 unspecified atom stereocenters. The Morgan fingerprint density at radius 2 is 2.04 bits per heavy atom. The number of aryl methyl sites for hydroxylation is 3. The smallest absolute Gasteiger partial charge is 0.273 e. The molecule has 138 valence electrons. The van der Waals surface area contributed by atoms with Crippen LogP contribution >= 0.6 is 0 Å². The van der Waals surface area contributed by atoms with Crippen molar-refractivity contribution in [2.24, 2.45) is 13.0 Å². The molecule has 2 heterocycles. The van der Waals surface area contributed by atoms with Crippen molar-refractivity contribution >= 4 is 16.9 Å². The molecule has 0 aliphatic carbocycles. The quantitative estimate of drug-likeness (QED) is 0.703. The van der Waals surface area contributed by atoms with Crippen LogP contribution in [0.4, 0.5) is 0 Å². The average Bonchev–Trinajstić information content (AvgIpc) is 2.80. The van der Waals surface area contributed by atoms with E-state index in [2.05, 4.69) is 29.2 Å². The van der Waals surface area contributed by atoms with Crippen LogP contribution in [0, 0.1) is 19.8 Å². The number of nitrogens with one attached hydrogen (secondary N) is 2. The van der Waals surface area contributed by atoms with Gasteiger partial charge >= 0.3 is 0 Å². The van der Waals surface area contributed by atoms with E-state index < -0.39 is 0 Å². The third-order valence-corrected chi connectivity index (χ3v) is 4.52. The number of amides is 1. The number of aliphatic hydroxyl groups is 1. The molecule has 1 amide bonds. The van der Waals surface area contributed by atoms with Gasteiger partial charge in [-0.05, 0) is 43.7 Å². The maximum absolute atomic E-state index is 12.2. The summed E-state index contributed by atoms with van der Waals surface area (Å²) in [6.07, 6.45) is 1.56. The molecule has 2 rings (SSSR count). The molecule has 7 nitrogen and oxygen atoms in total. The molecule has 2 aromatic heterocycles. The summed E-state index contributed by atoms with van der Waals surface area (Å²) in [6, 6.07) is -0.215. The lowest BCUT2D eigenvalue weighted by molar-refractivity contribution is -0.122. The Balaban J connectivity index is 2.14. The SMILES string of the molecule is Cc1nc2c(c(C)c1CCC(=O)NC(CO)CC(C)C)c(=O)[nH]n2C. The minimum Gasteiger partial charge on any atom is -0.394 e. The lowest BCUT2D eigenvalue weighted by atomic mass is 9.99. The van der Waals surface area contributed by atoms with Gasteiger partial charge in [0.1, 0.15) is 0 Å². The van der Waals surface area contributed by atoms with Crippen molar-refractivity contribution in [1.82, 2.24) is 20.1 Å². The topological polar surface area (TPSA) is 100 Å². The highest BCUT2D eigenvalue weighted by molar-refractivity contribution is 5.81. The van der Waals surface area contributed by atoms with Crippen molar-refractivity contribution < 1.29 is 9.90 Å². The van der Waals surface area contributed by atoms with Crippen LogP contribution in [0.2, 0.25) is 0 Å². The van der Waals surface area contributed by atoms with Gasteiger partial charge in [-0.25, -0.2) is 4.98 Å². The summed E-state index contributed by atoms with van der Waals surface area (Å²) in [6.45, 7) is 7.84. The molecule has 0 saturated carbocycles. The van der Waals surface area contributed by atoms with E-state index in [0.29, 0.717) is 29.8 Å². The highest BCUT2D eigenvalue weighted by Gasteiger charge is 2.17. The van der Waals surface area contributed by atoms with E-state index in [0.717, 1.165) is 23.2 Å². The Morgan fingerprint density at radius 3 is 2.64 bits per heavy atom. The number of H-pyrrole nitrogens is 1. The van der Waals surface area contributed by atoms with Crippen molar-refractivity contribution in [3.05, 3.63) is 27.2 Å². The van der Waals surface area contributed by atoms with E-state index in [4.69, 9.17) is 0 Å². The number of hydrogen-bond donors (Lipinski definition) is 3. The summed E-state index contributed by atoms with van der Waals surface area (Å²) >= 11 is 0. The maximum Gasteiger partial charge on any atom is 0.273 e. The molecular weight excluding hydrogens is 320 g/mol. The molecule has 2 aromatic rings. The zero-order chi connectivity index (χ0) is 18.7. The first-order chi connectivity index (χ1) is 11.7. The zero-order valence-corrected chi connectivity index (χ0v) is 15.6. The van der Waals surface area contributed by atoms with Crippen LogP contribution in [0.5, 0.6) is 0 Å². The number of aromatic amines is 1. The summed E-state index contributed by atoms with van der Waals surface area (Å²) in [7, 11) is 1.76. The van der Waals surface area contributed by atoms with Gasteiger partial charge in [-0.2, -0.15) is 0 Å². The lowest BCUT2D eigenvalue weighted by Crippen LogP contribution is -2.38. The van der Waals surface area contributed by atoms with E-state index >= 15 is 0 Å². The van der Waals surface area contributed by atoms with E-state index in [1.165, 1.54) is 0 Å². The van der Waals surface area contributed by atoms with Crippen molar-refractivity contribution in [3.8, 4) is 0 Å². The third kappa shape index (κ3) is 4.28. The molecule has 0 aliphatic heterocycles. The summed E-state index contributed by atoms with van der Waals surface area (Å²) in [5.41, 5.74) is 3.10. The normalized spacial score (nSPS) is 12.8. The Kier molecular flexibility index (Phi) is 6.00. The minimum atomic E-state index is -0.215. The molecule has 3 N–H and O–H groups in total. The number of fused-ring (bicyclic) bond motifs is 1. The third-order valence-electron chi connectivity index (χ3n) is 4.52. The Bertz CT molecular complexity index is 820. The highest BCUT2D eigenvalue weighted by atomic mass is 16.3. The van der Waals surface area contributed by atoms with Crippen LogP contribution < -0.4 is 10.9 Å². The van der Waals surface area contributed by atoms with Gasteiger partial charge in [-0.3, -0.25) is 19.4 Å². The highest BCUT2D eigenvalue weighted by Crippen LogP contribution is 2.21. The van der Waals surface area contributed by atoms with Gasteiger partial charge in [0.25, 0.3) is 5.56 Å². The number of aliphatic hydroxyl groups excluding tert-OH is 1. The molecule has 0 fully saturated rings. The predicted molar refractivity (Wildman–Crippen MR) is 97.6 cm³/mol. The number of rotatable bonds is 7. The number of aromatic nitrogens is 3. The van der Waals surface area contributed by atoms with E-state index in [1.807, 2.05) is 13.8 Å². The first-order valence-electron chi connectivity index (χ1n) is 8.69. The van der Waals surface area contributed by atoms with Gasteiger partial charge in [0.2, 0.25) is 5.91 Å². The van der Waals surface area contributed by atoms with Crippen LogP contribution in [-0.4, -0.2) is 38.4 Å². The van der Waals surface area contributed by atoms with Crippen LogP contribution in [0.3, 0.4) is 0 Å². The van der Waals surface area contributed by atoms with Gasteiger partial charge in [-0.15, -0.1) is 0 Å². The van der Waals surface area contributed by atoms with Gasteiger partial charge in [0, 0.05) is 19.2 Å². The Labute approximate surface area is 147 Å². The number of carbonyl (C=O) groups excluding carboxylic acids is 1. The van der Waals surface area contributed by atoms with E-state index in [-0.39, 0.29) is 24.1 Å². The van der Waals surface area contributed by atoms with Crippen LogP contribution in [0.15, 0.2) is 4.79 Å². The second kappa shape index (κ2) is 7.82.